The van der Waals surface area contributed by atoms with Crippen molar-refractivity contribution >= 4 is 47.5 Å². The standard InChI is InChI=1S/4C6H9NO3.2Rh/c4*1-10-6(9)4-2-3-5(8)7-4;;/h4*4H,2-3H2,1H3,(H,7,8);;/q;;;;2*+2/p-4/t4*4-;;/m0000../s1. The summed E-state index contributed by atoms with van der Waals surface area (Å²) in [5.74, 6) is -2.44. The van der Waals surface area contributed by atoms with E-state index in [0.717, 1.165) is 0 Å². The molecule has 4 aliphatic heterocycles. The van der Waals surface area contributed by atoms with Crippen molar-refractivity contribution in [2.75, 3.05) is 28.4 Å². The van der Waals surface area contributed by atoms with Gasteiger partial charge < -0.3 is 59.4 Å². The van der Waals surface area contributed by atoms with E-state index in [9.17, 15) is 38.4 Å². The van der Waals surface area contributed by atoms with Crippen molar-refractivity contribution < 1.29 is 96.3 Å². The molecule has 0 N–H and O–H groups in total. The monoisotopic (exact) mass is 774 g/mol. The number of hydrogen-bond acceptors (Lipinski definition) is 12. The van der Waals surface area contributed by atoms with E-state index in [4.69, 9.17) is 0 Å². The zero-order valence-electron chi connectivity index (χ0n) is 23.3. The summed E-state index contributed by atoms with van der Waals surface area (Å²) < 4.78 is 17.6. The maximum Gasteiger partial charge on any atom is 2.00 e. The minimum Gasteiger partial charge on any atom is -0.642 e. The Hall–Kier alpha value is -2.99. The number of hydrogen-bond donors (Lipinski definition) is 0. The first-order valence-electron chi connectivity index (χ1n) is 12.2. The maximum absolute atomic E-state index is 10.7. The van der Waals surface area contributed by atoms with E-state index in [1.165, 1.54) is 28.4 Å². The van der Waals surface area contributed by atoms with E-state index in [2.05, 4.69) is 40.2 Å². The summed E-state index contributed by atoms with van der Waals surface area (Å²) in [6.07, 6.45) is 3.52. The van der Waals surface area contributed by atoms with Gasteiger partial charge in [0.25, 0.3) is 23.9 Å². The van der Waals surface area contributed by atoms with Gasteiger partial charge in [-0.05, 0) is 49.9 Å². The van der Waals surface area contributed by atoms with Gasteiger partial charge in [0, 0.05) is 0 Å². The summed E-state index contributed by atoms with van der Waals surface area (Å²) in [6.45, 7) is 0. The molecule has 18 heteroatoms. The molecule has 0 bridgehead atoms. The molecule has 4 aliphatic rings. The molecule has 4 fully saturated rings. The van der Waals surface area contributed by atoms with E-state index in [1.807, 2.05) is 0 Å². The number of methoxy groups -OCH3 is 4. The van der Waals surface area contributed by atoms with Gasteiger partial charge >= 0.3 is 39.0 Å². The fourth-order valence-electron chi connectivity index (χ4n) is 3.48. The molecule has 0 aromatic carbocycles. The molecule has 0 aromatic heterocycles. The van der Waals surface area contributed by atoms with E-state index in [1.54, 1.807) is 0 Å². The summed E-state index contributed by atoms with van der Waals surface area (Å²) in [4.78, 5) is 84.8. The minimum absolute atomic E-state index is 0. The van der Waals surface area contributed by atoms with Crippen LogP contribution in [0.5, 0.6) is 0 Å². The van der Waals surface area contributed by atoms with Crippen LogP contribution in [-0.2, 0) is 96.3 Å². The van der Waals surface area contributed by atoms with Gasteiger partial charge in [-0.2, -0.15) is 0 Å². The molecule has 4 atom stereocenters. The Morgan fingerprint density at radius 1 is 0.452 bits per heavy atom. The van der Waals surface area contributed by atoms with Crippen molar-refractivity contribution in [3.05, 3.63) is 21.3 Å². The third-order valence-electron chi connectivity index (χ3n) is 5.62. The SMILES string of the molecule is COC(=O)[C@@H]1CCC(=O)[N-]1.COC(=O)[C@@H]1CCC(=O)[N-]1.COC(=O)[C@@H]1CCC(=O)[N-]1.COC(=O)[C@@H]1CCC(=O)[N-]1.[Rh+2].[Rh+2]. The second kappa shape index (κ2) is 21.7. The van der Waals surface area contributed by atoms with E-state index in [0.29, 0.717) is 51.4 Å². The normalized spacial score (nSPS) is 23.0. The molecule has 4 amide bonds. The molecular formula is C24H32N4O12Rh2. The van der Waals surface area contributed by atoms with Crippen LogP contribution < -0.4 is 0 Å². The minimum atomic E-state index is -0.530. The van der Waals surface area contributed by atoms with Gasteiger partial charge in [-0.1, -0.05) is 25.7 Å². The van der Waals surface area contributed by atoms with Crippen molar-refractivity contribution in [2.45, 2.75) is 75.5 Å². The number of ether oxygens (including phenoxy) is 4. The fourth-order valence-corrected chi connectivity index (χ4v) is 3.48. The van der Waals surface area contributed by atoms with Gasteiger partial charge in [-0.15, -0.1) is 0 Å². The summed E-state index contributed by atoms with van der Waals surface area (Å²) in [7, 11) is 5.17. The molecule has 0 unspecified atom stereocenters. The second-order valence-electron chi connectivity index (χ2n) is 8.40. The first-order valence-corrected chi connectivity index (χ1v) is 12.2. The maximum atomic E-state index is 10.7. The van der Waals surface area contributed by atoms with Crippen molar-refractivity contribution in [1.82, 2.24) is 0 Å². The molecule has 2 radical (unpaired) electrons. The van der Waals surface area contributed by atoms with Crippen LogP contribution in [-0.4, -0.2) is 100 Å². The van der Waals surface area contributed by atoms with Gasteiger partial charge in [-0.25, -0.2) is 0 Å². The number of rotatable bonds is 4. The zero-order chi connectivity index (χ0) is 30.2. The molecule has 0 aliphatic carbocycles. The third-order valence-corrected chi connectivity index (χ3v) is 5.62. The summed E-state index contributed by atoms with van der Waals surface area (Å²) in [5.41, 5.74) is 0. The van der Waals surface area contributed by atoms with Crippen molar-refractivity contribution in [3.8, 4) is 0 Å². The van der Waals surface area contributed by atoms with Gasteiger partial charge in [0.1, 0.15) is 0 Å². The van der Waals surface area contributed by atoms with Gasteiger partial charge in [-0.3, -0.25) is 19.2 Å². The topological polar surface area (TPSA) is 230 Å². The van der Waals surface area contributed by atoms with Crippen LogP contribution in [0, 0.1) is 0 Å². The molecule has 4 heterocycles. The van der Waals surface area contributed by atoms with Crippen LogP contribution in [0.3, 0.4) is 0 Å². The van der Waals surface area contributed by atoms with Crippen LogP contribution in [0.2, 0.25) is 0 Å². The Labute approximate surface area is 268 Å². The smallest absolute Gasteiger partial charge is 0.642 e. The number of esters is 4. The quantitative estimate of drug-likeness (QED) is 0.220. The Balaban J connectivity index is 0. The van der Waals surface area contributed by atoms with E-state index < -0.39 is 48.0 Å². The van der Waals surface area contributed by atoms with E-state index in [-0.39, 0.29) is 62.6 Å². The largest absolute Gasteiger partial charge is 2.00 e. The molecule has 4 rings (SSSR count). The van der Waals surface area contributed by atoms with E-state index >= 15 is 0 Å². The van der Waals surface area contributed by atoms with Crippen LogP contribution in [0.25, 0.3) is 21.3 Å². The molecule has 238 valence electrons. The van der Waals surface area contributed by atoms with Gasteiger partial charge in [0.05, 0.1) is 52.1 Å². The van der Waals surface area contributed by atoms with Crippen LogP contribution in [0.15, 0.2) is 0 Å². The molecule has 0 spiro atoms. The summed E-state index contributed by atoms with van der Waals surface area (Å²) in [6, 6.07) is -2.12. The van der Waals surface area contributed by atoms with Crippen molar-refractivity contribution in [1.29, 1.82) is 0 Å². The first kappa shape index (κ1) is 41.1. The van der Waals surface area contributed by atoms with Gasteiger partial charge in [0.2, 0.25) is 0 Å². The Bertz CT molecular complexity index is 829. The fraction of sp³-hybridized carbons (Fsp3) is 0.667. The predicted molar refractivity (Wildman–Crippen MR) is 134 cm³/mol. The number of amides is 4. The number of carbonyl (C=O) groups is 8. The molecular weight excluding hydrogens is 742 g/mol. The Morgan fingerprint density at radius 3 is 0.714 bits per heavy atom. The van der Waals surface area contributed by atoms with Gasteiger partial charge in [0.15, 0.2) is 0 Å². The van der Waals surface area contributed by atoms with Crippen molar-refractivity contribution in [2.24, 2.45) is 0 Å². The van der Waals surface area contributed by atoms with Crippen LogP contribution in [0.1, 0.15) is 51.4 Å². The van der Waals surface area contributed by atoms with Crippen molar-refractivity contribution in [3.63, 3.8) is 0 Å². The molecule has 16 nitrogen and oxygen atoms in total. The molecule has 4 saturated heterocycles. The van der Waals surface area contributed by atoms with Crippen LogP contribution in [0.4, 0.5) is 0 Å². The average molecular weight is 774 g/mol. The zero-order valence-corrected chi connectivity index (χ0v) is 26.6. The predicted octanol–water partition coefficient (Wildman–Crippen LogP) is 0.883. The summed E-state index contributed by atoms with van der Waals surface area (Å²) >= 11 is 0. The second-order valence-corrected chi connectivity index (χ2v) is 8.40. The Morgan fingerprint density at radius 2 is 0.619 bits per heavy atom. The molecule has 0 aromatic rings. The average Bonchev–Trinajstić information content (AvgIpc) is 3.77. The molecule has 42 heavy (non-hydrogen) atoms. The third kappa shape index (κ3) is 14.8. The summed E-state index contributed by atoms with van der Waals surface area (Å²) in [5, 5.41) is 14.2. The number of carbonyl (C=O) groups excluding carboxylic acids is 8. The first-order chi connectivity index (χ1) is 18.9. The van der Waals surface area contributed by atoms with Crippen LogP contribution >= 0.6 is 0 Å². The number of nitrogens with zero attached hydrogens (tertiary/aromatic N) is 4. The Kier molecular flexibility index (Phi) is 21.2. The molecule has 0 saturated carbocycles.